The monoisotopic (exact) mass is 312 g/mol. The highest BCUT2D eigenvalue weighted by Crippen LogP contribution is 2.16. The Bertz CT molecular complexity index is 636. The van der Waals surface area contributed by atoms with Gasteiger partial charge in [0.05, 0.1) is 13.2 Å². The normalized spacial score (nSPS) is 10.4. The fourth-order valence-electron chi connectivity index (χ4n) is 2.04. The summed E-state index contributed by atoms with van der Waals surface area (Å²) in [4.78, 5) is 12.0. The summed E-state index contributed by atoms with van der Waals surface area (Å²) in [6.45, 7) is 7.15. The Morgan fingerprint density at radius 3 is 2.48 bits per heavy atom. The van der Waals surface area contributed by atoms with Crippen LogP contribution in [-0.2, 0) is 4.79 Å². The summed E-state index contributed by atoms with van der Waals surface area (Å²) in [6, 6.07) is 15.4. The van der Waals surface area contributed by atoms with Gasteiger partial charge in [0.15, 0.2) is 0 Å². The Balaban J connectivity index is 1.80. The molecule has 0 saturated carbocycles. The molecule has 0 aliphatic carbocycles. The van der Waals surface area contributed by atoms with E-state index in [0.29, 0.717) is 12.5 Å². The molecule has 0 aliphatic rings. The molecule has 1 amide bonds. The van der Waals surface area contributed by atoms with Gasteiger partial charge in [0.1, 0.15) is 5.75 Å². The third kappa shape index (κ3) is 6.02. The maximum absolute atomic E-state index is 12.0. The van der Waals surface area contributed by atoms with Crippen molar-refractivity contribution in [3.63, 3.8) is 0 Å². The molecule has 0 radical (unpaired) electrons. The van der Waals surface area contributed by atoms with Gasteiger partial charge in [-0.1, -0.05) is 26.0 Å². The molecule has 0 unspecified atom stereocenters. The number of hydrogen-bond acceptors (Lipinski definition) is 3. The Morgan fingerprint density at radius 2 is 1.83 bits per heavy atom. The molecule has 0 atom stereocenters. The number of aryl methyl sites for hydroxylation is 1. The van der Waals surface area contributed by atoms with Gasteiger partial charge < -0.3 is 15.4 Å². The maximum atomic E-state index is 12.0. The fourth-order valence-corrected chi connectivity index (χ4v) is 2.04. The molecule has 2 aromatic carbocycles. The van der Waals surface area contributed by atoms with Crippen LogP contribution in [0.2, 0.25) is 0 Å². The first-order valence-electron chi connectivity index (χ1n) is 7.86. The van der Waals surface area contributed by atoms with E-state index < -0.39 is 0 Å². The standard InChI is InChI=1S/C19H24N2O2/c1-14(2)13-23-18-9-7-16(8-10-18)21-19(22)12-20-17-6-4-5-15(3)11-17/h4-11,14,20H,12-13H2,1-3H3,(H,21,22). The molecule has 0 fully saturated rings. The number of nitrogens with one attached hydrogen (secondary N) is 2. The molecule has 23 heavy (non-hydrogen) atoms. The van der Waals surface area contributed by atoms with Crippen molar-refractivity contribution in [3.8, 4) is 5.75 Å². The summed E-state index contributed by atoms with van der Waals surface area (Å²) in [6.07, 6.45) is 0. The van der Waals surface area contributed by atoms with Crippen molar-refractivity contribution in [2.24, 2.45) is 5.92 Å². The molecule has 4 heteroatoms. The molecule has 0 spiro atoms. The van der Waals surface area contributed by atoms with E-state index in [1.165, 1.54) is 0 Å². The van der Waals surface area contributed by atoms with Gasteiger partial charge in [-0.25, -0.2) is 0 Å². The second-order valence-corrected chi connectivity index (χ2v) is 6.00. The number of anilines is 2. The summed E-state index contributed by atoms with van der Waals surface area (Å²) in [7, 11) is 0. The first-order chi connectivity index (χ1) is 11.0. The lowest BCUT2D eigenvalue weighted by Gasteiger charge is -2.10. The van der Waals surface area contributed by atoms with E-state index in [1.807, 2.05) is 55.5 Å². The second kappa shape index (κ2) is 8.22. The van der Waals surface area contributed by atoms with Gasteiger partial charge in [-0.2, -0.15) is 0 Å². The van der Waals surface area contributed by atoms with Gasteiger partial charge in [0, 0.05) is 11.4 Å². The average Bonchev–Trinajstić information content (AvgIpc) is 2.52. The van der Waals surface area contributed by atoms with Crippen LogP contribution < -0.4 is 15.4 Å². The molecule has 0 aliphatic heterocycles. The maximum Gasteiger partial charge on any atom is 0.243 e. The van der Waals surface area contributed by atoms with Crippen LogP contribution in [-0.4, -0.2) is 19.1 Å². The minimum absolute atomic E-state index is 0.0812. The van der Waals surface area contributed by atoms with Crippen molar-refractivity contribution in [1.29, 1.82) is 0 Å². The Kier molecular flexibility index (Phi) is 6.03. The SMILES string of the molecule is Cc1cccc(NCC(=O)Nc2ccc(OCC(C)C)cc2)c1. The molecule has 2 N–H and O–H groups in total. The van der Waals surface area contributed by atoms with Gasteiger partial charge in [0.25, 0.3) is 0 Å². The van der Waals surface area contributed by atoms with Crippen molar-refractivity contribution in [1.82, 2.24) is 0 Å². The highest BCUT2D eigenvalue weighted by Gasteiger charge is 2.03. The molecule has 2 aromatic rings. The van der Waals surface area contributed by atoms with Crippen molar-refractivity contribution in [3.05, 3.63) is 54.1 Å². The zero-order valence-corrected chi connectivity index (χ0v) is 13.9. The average molecular weight is 312 g/mol. The van der Waals surface area contributed by atoms with Gasteiger partial charge in [-0.05, 0) is 54.8 Å². The summed E-state index contributed by atoms with van der Waals surface area (Å²) < 4.78 is 5.62. The zero-order chi connectivity index (χ0) is 16.7. The van der Waals surface area contributed by atoms with E-state index >= 15 is 0 Å². The number of ether oxygens (including phenoxy) is 1. The molecular weight excluding hydrogens is 288 g/mol. The van der Waals surface area contributed by atoms with E-state index in [1.54, 1.807) is 0 Å². The predicted molar refractivity (Wildman–Crippen MR) is 95.1 cm³/mol. The molecule has 0 heterocycles. The van der Waals surface area contributed by atoms with Crippen molar-refractivity contribution < 1.29 is 9.53 Å². The molecule has 2 rings (SSSR count). The molecular formula is C19H24N2O2. The summed E-state index contributed by atoms with van der Waals surface area (Å²) >= 11 is 0. The molecule has 122 valence electrons. The topological polar surface area (TPSA) is 50.4 Å². The van der Waals surface area contributed by atoms with E-state index in [9.17, 15) is 4.79 Å². The Labute approximate surface area is 137 Å². The van der Waals surface area contributed by atoms with Crippen LogP contribution in [0.3, 0.4) is 0 Å². The van der Waals surface area contributed by atoms with Crippen LogP contribution in [0.25, 0.3) is 0 Å². The first kappa shape index (κ1) is 16.9. The van der Waals surface area contributed by atoms with Crippen LogP contribution >= 0.6 is 0 Å². The van der Waals surface area contributed by atoms with Crippen molar-refractivity contribution >= 4 is 17.3 Å². The summed E-state index contributed by atoms with van der Waals surface area (Å²) in [5.74, 6) is 1.22. The van der Waals surface area contributed by atoms with Crippen LogP contribution in [0.5, 0.6) is 5.75 Å². The molecule has 0 aromatic heterocycles. The van der Waals surface area contributed by atoms with E-state index in [4.69, 9.17) is 4.74 Å². The lowest BCUT2D eigenvalue weighted by molar-refractivity contribution is -0.114. The number of carbonyl (C=O) groups excluding carboxylic acids is 1. The van der Waals surface area contributed by atoms with Gasteiger partial charge in [-0.3, -0.25) is 4.79 Å². The molecule has 0 saturated heterocycles. The van der Waals surface area contributed by atoms with Crippen LogP contribution in [0.15, 0.2) is 48.5 Å². The minimum atomic E-state index is -0.0812. The lowest BCUT2D eigenvalue weighted by Crippen LogP contribution is -2.21. The molecule has 4 nitrogen and oxygen atoms in total. The largest absolute Gasteiger partial charge is 0.493 e. The quantitative estimate of drug-likeness (QED) is 0.810. The smallest absolute Gasteiger partial charge is 0.243 e. The fraction of sp³-hybridized carbons (Fsp3) is 0.316. The third-order valence-electron chi connectivity index (χ3n) is 3.19. The Morgan fingerprint density at radius 1 is 1.09 bits per heavy atom. The first-order valence-corrected chi connectivity index (χ1v) is 7.86. The highest BCUT2D eigenvalue weighted by atomic mass is 16.5. The van der Waals surface area contributed by atoms with Gasteiger partial charge >= 0.3 is 0 Å². The van der Waals surface area contributed by atoms with Crippen molar-refractivity contribution in [2.75, 3.05) is 23.8 Å². The zero-order valence-electron chi connectivity index (χ0n) is 13.9. The number of amides is 1. The number of hydrogen-bond donors (Lipinski definition) is 2. The van der Waals surface area contributed by atoms with Gasteiger partial charge in [0.2, 0.25) is 5.91 Å². The summed E-state index contributed by atoms with van der Waals surface area (Å²) in [5.41, 5.74) is 2.86. The minimum Gasteiger partial charge on any atom is -0.493 e. The van der Waals surface area contributed by atoms with Crippen LogP contribution in [0.4, 0.5) is 11.4 Å². The van der Waals surface area contributed by atoms with E-state index in [-0.39, 0.29) is 12.5 Å². The third-order valence-corrected chi connectivity index (χ3v) is 3.19. The molecule has 0 bridgehead atoms. The predicted octanol–water partition coefficient (Wildman–Crippen LogP) is 4.08. The number of benzene rings is 2. The van der Waals surface area contributed by atoms with E-state index in [2.05, 4.69) is 24.5 Å². The van der Waals surface area contributed by atoms with E-state index in [0.717, 1.165) is 22.7 Å². The van der Waals surface area contributed by atoms with Crippen molar-refractivity contribution in [2.45, 2.75) is 20.8 Å². The highest BCUT2D eigenvalue weighted by molar-refractivity contribution is 5.93. The second-order valence-electron chi connectivity index (χ2n) is 6.00. The summed E-state index contributed by atoms with van der Waals surface area (Å²) in [5, 5.41) is 5.97. The number of rotatable bonds is 7. The number of carbonyl (C=O) groups is 1. The van der Waals surface area contributed by atoms with Crippen LogP contribution in [0.1, 0.15) is 19.4 Å². The Hall–Kier alpha value is -2.49. The lowest BCUT2D eigenvalue weighted by atomic mass is 10.2. The van der Waals surface area contributed by atoms with Crippen LogP contribution in [0, 0.1) is 12.8 Å². The van der Waals surface area contributed by atoms with Gasteiger partial charge in [-0.15, -0.1) is 0 Å².